The largest absolute Gasteiger partial charge is 0.389 e. The lowest BCUT2D eigenvalue weighted by Gasteiger charge is -2.14. The van der Waals surface area contributed by atoms with Gasteiger partial charge in [0.2, 0.25) is 0 Å². The summed E-state index contributed by atoms with van der Waals surface area (Å²) >= 11 is 6.11. The minimum atomic E-state index is -0.515. The molecule has 0 saturated heterocycles. The summed E-state index contributed by atoms with van der Waals surface area (Å²) < 4.78 is 5.46. The molecule has 0 bridgehead atoms. The van der Waals surface area contributed by atoms with E-state index in [2.05, 4.69) is 12.2 Å². The third kappa shape index (κ3) is 7.13. The minimum Gasteiger partial charge on any atom is -0.389 e. The number of unbranched alkanes of at least 4 members (excludes halogenated alkanes) is 3. The molecule has 1 aromatic carbocycles. The first kappa shape index (κ1) is 17.3. The molecular formula is C16H26ClNO2. The van der Waals surface area contributed by atoms with Gasteiger partial charge in [0.25, 0.3) is 0 Å². The molecule has 2 N–H and O–H groups in total. The Morgan fingerprint density at radius 3 is 2.80 bits per heavy atom. The fourth-order valence-electron chi connectivity index (χ4n) is 1.90. The summed E-state index contributed by atoms with van der Waals surface area (Å²) in [6, 6.07) is 5.82. The molecule has 0 saturated carbocycles. The van der Waals surface area contributed by atoms with E-state index >= 15 is 0 Å². The van der Waals surface area contributed by atoms with Crippen molar-refractivity contribution in [2.75, 3.05) is 25.1 Å². The van der Waals surface area contributed by atoms with Crippen LogP contribution in [0.25, 0.3) is 0 Å². The second-order valence-corrected chi connectivity index (χ2v) is 5.56. The van der Waals surface area contributed by atoms with Gasteiger partial charge in [0.1, 0.15) is 0 Å². The molecule has 0 aliphatic heterocycles. The monoisotopic (exact) mass is 299 g/mol. The summed E-state index contributed by atoms with van der Waals surface area (Å²) in [6.45, 7) is 5.71. The Morgan fingerprint density at radius 2 is 2.10 bits per heavy atom. The quantitative estimate of drug-likeness (QED) is 0.641. The van der Waals surface area contributed by atoms with Crippen molar-refractivity contribution in [1.29, 1.82) is 0 Å². The zero-order valence-corrected chi connectivity index (χ0v) is 13.2. The molecular weight excluding hydrogens is 274 g/mol. The maximum atomic E-state index is 9.83. The highest BCUT2D eigenvalue weighted by molar-refractivity contribution is 6.33. The zero-order chi connectivity index (χ0) is 14.8. The Morgan fingerprint density at radius 1 is 1.30 bits per heavy atom. The van der Waals surface area contributed by atoms with E-state index in [-0.39, 0.29) is 0 Å². The average molecular weight is 300 g/mol. The van der Waals surface area contributed by atoms with Gasteiger partial charge in [-0.25, -0.2) is 0 Å². The Hall–Kier alpha value is -0.770. The summed E-state index contributed by atoms with van der Waals surface area (Å²) in [6.07, 6.45) is 4.23. The molecule has 114 valence electrons. The van der Waals surface area contributed by atoms with Crippen molar-refractivity contribution in [2.24, 2.45) is 0 Å². The van der Waals surface area contributed by atoms with Gasteiger partial charge in [-0.15, -0.1) is 0 Å². The van der Waals surface area contributed by atoms with Crippen LogP contribution in [0, 0.1) is 6.92 Å². The number of rotatable bonds is 10. The molecule has 0 spiro atoms. The number of anilines is 1. The van der Waals surface area contributed by atoms with Crippen LogP contribution >= 0.6 is 11.6 Å². The van der Waals surface area contributed by atoms with E-state index < -0.39 is 6.10 Å². The van der Waals surface area contributed by atoms with Crippen LogP contribution in [-0.4, -0.2) is 31.0 Å². The summed E-state index contributed by atoms with van der Waals surface area (Å²) in [5.74, 6) is 0. The van der Waals surface area contributed by atoms with E-state index in [1.165, 1.54) is 19.3 Å². The summed E-state index contributed by atoms with van der Waals surface area (Å²) in [4.78, 5) is 0. The van der Waals surface area contributed by atoms with Gasteiger partial charge in [0.15, 0.2) is 0 Å². The number of hydrogen-bond acceptors (Lipinski definition) is 3. The third-order valence-electron chi connectivity index (χ3n) is 3.11. The van der Waals surface area contributed by atoms with Gasteiger partial charge >= 0.3 is 0 Å². The highest BCUT2D eigenvalue weighted by Gasteiger charge is 2.06. The number of aryl methyl sites for hydroxylation is 1. The molecule has 0 fully saturated rings. The summed E-state index contributed by atoms with van der Waals surface area (Å²) in [5, 5.41) is 13.6. The van der Waals surface area contributed by atoms with Crippen molar-refractivity contribution < 1.29 is 9.84 Å². The topological polar surface area (TPSA) is 41.5 Å². The average Bonchev–Trinajstić information content (AvgIpc) is 2.41. The SMILES string of the molecule is CCCCCCOCC(O)CNc1ccc(C)cc1Cl. The molecule has 0 radical (unpaired) electrons. The predicted octanol–water partition coefficient (Wildman–Crippen LogP) is 4.02. The van der Waals surface area contributed by atoms with Crippen LogP contribution < -0.4 is 5.32 Å². The van der Waals surface area contributed by atoms with E-state index in [1.54, 1.807) is 0 Å². The van der Waals surface area contributed by atoms with Crippen LogP contribution in [0.1, 0.15) is 38.2 Å². The first-order chi connectivity index (χ1) is 9.63. The molecule has 20 heavy (non-hydrogen) atoms. The van der Waals surface area contributed by atoms with Crippen molar-refractivity contribution in [3.63, 3.8) is 0 Å². The first-order valence-corrected chi connectivity index (χ1v) is 7.77. The number of halogens is 1. The Kier molecular flexibility index (Phi) is 8.67. The second kappa shape index (κ2) is 10.0. The number of ether oxygens (including phenoxy) is 1. The summed E-state index contributed by atoms with van der Waals surface area (Å²) in [7, 11) is 0. The Bertz CT molecular complexity index is 385. The van der Waals surface area contributed by atoms with E-state index in [4.69, 9.17) is 16.3 Å². The van der Waals surface area contributed by atoms with E-state index in [9.17, 15) is 5.11 Å². The minimum absolute atomic E-state index is 0.364. The number of hydrogen-bond donors (Lipinski definition) is 2. The molecule has 1 rings (SSSR count). The molecule has 0 aliphatic rings. The highest BCUT2D eigenvalue weighted by atomic mass is 35.5. The maximum Gasteiger partial charge on any atom is 0.0945 e. The molecule has 0 aliphatic carbocycles. The lowest BCUT2D eigenvalue weighted by molar-refractivity contribution is 0.0417. The molecule has 0 heterocycles. The lowest BCUT2D eigenvalue weighted by atomic mass is 10.2. The van der Waals surface area contributed by atoms with E-state index in [0.29, 0.717) is 18.2 Å². The number of nitrogens with one attached hydrogen (secondary N) is 1. The molecule has 4 heteroatoms. The van der Waals surface area contributed by atoms with Crippen LogP contribution in [0.4, 0.5) is 5.69 Å². The first-order valence-electron chi connectivity index (χ1n) is 7.39. The molecule has 1 atom stereocenters. The molecule has 1 unspecified atom stereocenters. The van der Waals surface area contributed by atoms with E-state index in [1.807, 2.05) is 25.1 Å². The van der Waals surface area contributed by atoms with Crippen molar-refractivity contribution >= 4 is 17.3 Å². The number of aliphatic hydroxyl groups excluding tert-OH is 1. The van der Waals surface area contributed by atoms with Crippen LogP contribution in [0.15, 0.2) is 18.2 Å². The number of benzene rings is 1. The van der Waals surface area contributed by atoms with Crippen LogP contribution in [-0.2, 0) is 4.74 Å². The van der Waals surface area contributed by atoms with Crippen molar-refractivity contribution in [1.82, 2.24) is 0 Å². The predicted molar refractivity (Wildman–Crippen MR) is 85.6 cm³/mol. The normalized spacial score (nSPS) is 12.4. The van der Waals surface area contributed by atoms with Gasteiger partial charge in [0, 0.05) is 13.2 Å². The fourth-order valence-corrected chi connectivity index (χ4v) is 2.20. The van der Waals surface area contributed by atoms with Gasteiger partial charge in [-0.3, -0.25) is 0 Å². The molecule has 0 aromatic heterocycles. The maximum absolute atomic E-state index is 9.83. The highest BCUT2D eigenvalue weighted by Crippen LogP contribution is 2.22. The standard InChI is InChI=1S/C16H26ClNO2/c1-3-4-5-6-9-20-12-14(19)11-18-16-8-7-13(2)10-15(16)17/h7-8,10,14,18-19H,3-6,9,11-12H2,1-2H3. The third-order valence-corrected chi connectivity index (χ3v) is 3.42. The van der Waals surface area contributed by atoms with Crippen LogP contribution in [0.2, 0.25) is 5.02 Å². The van der Waals surface area contributed by atoms with Crippen LogP contribution in [0.5, 0.6) is 0 Å². The Balaban J connectivity index is 2.14. The Labute approximate surface area is 127 Å². The van der Waals surface area contributed by atoms with Crippen molar-refractivity contribution in [3.8, 4) is 0 Å². The molecule has 1 aromatic rings. The van der Waals surface area contributed by atoms with Crippen molar-refractivity contribution in [2.45, 2.75) is 45.6 Å². The smallest absolute Gasteiger partial charge is 0.0945 e. The number of aliphatic hydroxyl groups is 1. The zero-order valence-electron chi connectivity index (χ0n) is 12.5. The lowest BCUT2D eigenvalue weighted by Crippen LogP contribution is -2.25. The van der Waals surface area contributed by atoms with Gasteiger partial charge in [-0.2, -0.15) is 0 Å². The second-order valence-electron chi connectivity index (χ2n) is 5.15. The van der Waals surface area contributed by atoms with Gasteiger partial charge in [-0.1, -0.05) is 43.9 Å². The van der Waals surface area contributed by atoms with E-state index in [0.717, 1.165) is 24.3 Å². The van der Waals surface area contributed by atoms with Crippen LogP contribution in [0.3, 0.4) is 0 Å². The van der Waals surface area contributed by atoms with Gasteiger partial charge < -0.3 is 15.2 Å². The van der Waals surface area contributed by atoms with Gasteiger partial charge in [-0.05, 0) is 31.0 Å². The summed E-state index contributed by atoms with van der Waals surface area (Å²) in [5.41, 5.74) is 1.97. The van der Waals surface area contributed by atoms with Crippen molar-refractivity contribution in [3.05, 3.63) is 28.8 Å². The van der Waals surface area contributed by atoms with Gasteiger partial charge in [0.05, 0.1) is 23.4 Å². The fraction of sp³-hybridized carbons (Fsp3) is 0.625. The molecule has 3 nitrogen and oxygen atoms in total. The molecule has 0 amide bonds.